The highest BCUT2D eigenvalue weighted by Crippen LogP contribution is 2.28. The highest BCUT2D eigenvalue weighted by molar-refractivity contribution is 7.88. The van der Waals surface area contributed by atoms with E-state index in [1.54, 1.807) is 41.5 Å². The third-order valence-electron chi connectivity index (χ3n) is 8.79. The van der Waals surface area contributed by atoms with Gasteiger partial charge in [0.25, 0.3) is 5.91 Å². The van der Waals surface area contributed by atoms with Crippen molar-refractivity contribution in [3.05, 3.63) is 35.9 Å². The van der Waals surface area contributed by atoms with Crippen molar-refractivity contribution in [1.82, 2.24) is 19.8 Å². The van der Waals surface area contributed by atoms with E-state index in [0.29, 0.717) is 45.4 Å². The molecule has 2 aliphatic heterocycles. The van der Waals surface area contributed by atoms with Gasteiger partial charge in [-0.3, -0.25) is 19.2 Å². The van der Waals surface area contributed by atoms with Gasteiger partial charge >= 0.3 is 5.97 Å². The zero-order valence-corrected chi connectivity index (χ0v) is 30.3. The van der Waals surface area contributed by atoms with Gasteiger partial charge in [-0.1, -0.05) is 44.2 Å². The number of sulfonamides is 1. The molecule has 1 aromatic rings. The number of piperidine rings is 1. The summed E-state index contributed by atoms with van der Waals surface area (Å²) in [4.78, 5) is 59.7. The van der Waals surface area contributed by atoms with Crippen LogP contribution in [0.4, 0.5) is 0 Å². The van der Waals surface area contributed by atoms with E-state index in [2.05, 4.69) is 15.0 Å². The number of amides is 3. The molecule has 1 aromatic carbocycles. The molecule has 3 amide bonds. The quantitative estimate of drug-likeness (QED) is 0.168. The molecule has 268 valence electrons. The first-order valence-electron chi connectivity index (χ1n) is 16.7. The summed E-state index contributed by atoms with van der Waals surface area (Å²) in [5.41, 5.74) is 5.53. The molecule has 0 aromatic heterocycles. The second kappa shape index (κ2) is 16.3. The molecule has 2 heterocycles. The number of guanidine groups is 1. The van der Waals surface area contributed by atoms with Crippen LogP contribution in [-0.4, -0.2) is 98.5 Å². The second-order valence-corrected chi connectivity index (χ2v) is 16.6. The van der Waals surface area contributed by atoms with E-state index in [9.17, 15) is 27.6 Å². The van der Waals surface area contributed by atoms with Crippen LogP contribution in [0.25, 0.3) is 0 Å². The first-order valence-corrected chi connectivity index (χ1v) is 18.6. The van der Waals surface area contributed by atoms with Gasteiger partial charge in [0.15, 0.2) is 5.96 Å². The molecule has 1 unspecified atom stereocenters. The van der Waals surface area contributed by atoms with E-state index < -0.39 is 44.9 Å². The highest BCUT2D eigenvalue weighted by atomic mass is 32.2. The molecule has 0 spiro atoms. The summed E-state index contributed by atoms with van der Waals surface area (Å²) in [6, 6.07) is 7.48. The van der Waals surface area contributed by atoms with Crippen molar-refractivity contribution < 1.29 is 32.3 Å². The molecular formula is C34H54N6O7S. The summed E-state index contributed by atoms with van der Waals surface area (Å²) in [5.74, 6) is -1.07. The fourth-order valence-corrected chi connectivity index (χ4v) is 6.75. The Kier molecular flexibility index (Phi) is 13.2. The van der Waals surface area contributed by atoms with E-state index in [1.165, 1.54) is 4.90 Å². The van der Waals surface area contributed by atoms with Crippen LogP contribution in [-0.2, 0) is 40.4 Å². The van der Waals surface area contributed by atoms with E-state index in [4.69, 9.17) is 10.5 Å². The number of hydrogen-bond donors (Lipinski definition) is 3. The molecule has 3 rings (SSSR count). The predicted molar refractivity (Wildman–Crippen MR) is 184 cm³/mol. The third-order valence-corrected chi connectivity index (χ3v) is 9.51. The van der Waals surface area contributed by atoms with Crippen molar-refractivity contribution in [2.45, 2.75) is 98.3 Å². The number of nitrogens with zero attached hydrogens (tertiary/aromatic N) is 3. The number of likely N-dealkylation sites (tertiary alicyclic amines) is 2. The van der Waals surface area contributed by atoms with Crippen LogP contribution >= 0.6 is 0 Å². The summed E-state index contributed by atoms with van der Waals surface area (Å²) < 4.78 is 32.2. The van der Waals surface area contributed by atoms with Gasteiger partial charge in [0.1, 0.15) is 18.2 Å². The molecule has 0 radical (unpaired) electrons. The number of nitrogens with two attached hydrogens (primary N) is 1. The number of esters is 1. The Morgan fingerprint density at radius 3 is 2.23 bits per heavy atom. The van der Waals surface area contributed by atoms with Crippen LogP contribution < -0.4 is 15.8 Å². The Bertz CT molecular complexity index is 1430. The van der Waals surface area contributed by atoms with Gasteiger partial charge in [-0.2, -0.15) is 4.99 Å². The Balaban J connectivity index is 1.51. The third kappa shape index (κ3) is 11.6. The predicted octanol–water partition coefficient (Wildman–Crippen LogP) is 2.20. The lowest BCUT2D eigenvalue weighted by molar-refractivity contribution is -0.159. The molecule has 3 atom stereocenters. The van der Waals surface area contributed by atoms with Crippen LogP contribution in [0.3, 0.4) is 0 Å². The largest absolute Gasteiger partial charge is 0.462 e. The standard InChI is InChI=1S/C34H54N6O7S/c1-23(47-31(44)33(2,3)4)21-34(5,6)30(43)37-32(35)39-18-15-25(16-19-39)22-36-28(41)27-14-11-17-40(27)29(42)26(38-48(7,45)46)20-24-12-9-8-10-13-24/h8-10,12-13,23,25-27,38H,11,14-22H2,1-7H3,(H,36,41)(H2,35,37,43)/t23?,26-,27+/m1/s1. The van der Waals surface area contributed by atoms with Crippen molar-refractivity contribution in [3.8, 4) is 0 Å². The second-order valence-electron chi connectivity index (χ2n) is 14.8. The number of aliphatic imine (C=N–C) groups is 1. The minimum atomic E-state index is -3.67. The van der Waals surface area contributed by atoms with Crippen molar-refractivity contribution in [2.75, 3.05) is 32.4 Å². The molecular weight excluding hydrogens is 636 g/mol. The Hall–Kier alpha value is -3.52. The Labute approximate surface area is 285 Å². The highest BCUT2D eigenvalue weighted by Gasteiger charge is 2.38. The van der Waals surface area contributed by atoms with Crippen molar-refractivity contribution in [3.63, 3.8) is 0 Å². The maximum Gasteiger partial charge on any atom is 0.311 e. The number of ether oxygens (including phenoxy) is 1. The van der Waals surface area contributed by atoms with Gasteiger partial charge in [0.05, 0.1) is 11.7 Å². The van der Waals surface area contributed by atoms with E-state index in [0.717, 1.165) is 24.7 Å². The number of carbonyl (C=O) groups excluding carboxylic acids is 4. The molecule has 4 N–H and O–H groups in total. The number of carbonyl (C=O) groups is 4. The lowest BCUT2D eigenvalue weighted by Crippen LogP contribution is -2.54. The van der Waals surface area contributed by atoms with Crippen LogP contribution in [0.1, 0.15) is 79.2 Å². The minimum Gasteiger partial charge on any atom is -0.462 e. The van der Waals surface area contributed by atoms with Crippen LogP contribution in [0, 0.1) is 16.7 Å². The molecule has 2 aliphatic rings. The zero-order valence-electron chi connectivity index (χ0n) is 29.5. The van der Waals surface area contributed by atoms with Gasteiger partial charge < -0.3 is 25.6 Å². The SMILES string of the molecule is CC(CC(C)(C)C(=O)N=C(N)N1CCC(CNC(=O)[C@@H]2CCCN2C(=O)[C@@H](Cc2ccccc2)NS(C)(=O)=O)CC1)OC(=O)C(C)(C)C. The van der Waals surface area contributed by atoms with Gasteiger partial charge in [-0.15, -0.1) is 0 Å². The van der Waals surface area contributed by atoms with Crippen LogP contribution in [0.15, 0.2) is 35.3 Å². The summed E-state index contributed by atoms with van der Waals surface area (Å²) in [7, 11) is -3.67. The Morgan fingerprint density at radius 2 is 1.65 bits per heavy atom. The average Bonchev–Trinajstić information content (AvgIpc) is 3.48. The fraction of sp³-hybridized carbons (Fsp3) is 0.676. The molecule has 2 saturated heterocycles. The monoisotopic (exact) mass is 690 g/mol. The maximum atomic E-state index is 13.6. The molecule has 0 bridgehead atoms. The Morgan fingerprint density at radius 1 is 1.02 bits per heavy atom. The molecule has 48 heavy (non-hydrogen) atoms. The van der Waals surface area contributed by atoms with E-state index in [1.807, 2.05) is 35.2 Å². The average molecular weight is 691 g/mol. The van der Waals surface area contributed by atoms with E-state index in [-0.39, 0.29) is 36.1 Å². The lowest BCUT2D eigenvalue weighted by Gasteiger charge is -2.34. The van der Waals surface area contributed by atoms with Crippen molar-refractivity contribution in [1.29, 1.82) is 0 Å². The smallest absolute Gasteiger partial charge is 0.311 e. The van der Waals surface area contributed by atoms with Gasteiger partial charge in [-0.25, -0.2) is 13.1 Å². The number of hydrogen-bond acceptors (Lipinski definition) is 7. The van der Waals surface area contributed by atoms with Crippen molar-refractivity contribution in [2.24, 2.45) is 27.5 Å². The van der Waals surface area contributed by atoms with Gasteiger partial charge in [0.2, 0.25) is 21.8 Å². The zero-order chi connectivity index (χ0) is 35.9. The summed E-state index contributed by atoms with van der Waals surface area (Å²) in [6.07, 6.45) is 3.63. The summed E-state index contributed by atoms with van der Waals surface area (Å²) in [6.45, 7) is 12.5. The molecule has 14 heteroatoms. The summed E-state index contributed by atoms with van der Waals surface area (Å²) in [5, 5.41) is 3.01. The molecule has 0 saturated carbocycles. The lowest BCUT2D eigenvalue weighted by atomic mass is 9.86. The maximum absolute atomic E-state index is 13.6. The van der Waals surface area contributed by atoms with Gasteiger partial charge in [0, 0.05) is 31.6 Å². The number of benzene rings is 1. The van der Waals surface area contributed by atoms with Crippen molar-refractivity contribution >= 4 is 39.7 Å². The first-order chi connectivity index (χ1) is 22.3. The minimum absolute atomic E-state index is 0.141. The molecule has 13 nitrogen and oxygen atoms in total. The molecule has 0 aliphatic carbocycles. The number of rotatable bonds is 12. The fourth-order valence-electron chi connectivity index (χ4n) is 6.05. The van der Waals surface area contributed by atoms with Crippen LogP contribution in [0.5, 0.6) is 0 Å². The van der Waals surface area contributed by atoms with Crippen LogP contribution in [0.2, 0.25) is 0 Å². The summed E-state index contributed by atoms with van der Waals surface area (Å²) >= 11 is 0. The van der Waals surface area contributed by atoms with E-state index >= 15 is 0 Å². The van der Waals surface area contributed by atoms with Gasteiger partial charge in [-0.05, 0) is 77.7 Å². The first kappa shape index (κ1) is 38.9. The number of nitrogens with one attached hydrogen (secondary N) is 2. The topological polar surface area (TPSA) is 181 Å². The normalized spacial score (nSPS) is 19.5. The molecule has 2 fully saturated rings.